The molecule has 0 amide bonds. The van der Waals surface area contributed by atoms with Gasteiger partial charge in [0.1, 0.15) is 18.2 Å². The minimum absolute atomic E-state index is 0.234. The molecule has 0 saturated carbocycles. The molecule has 0 radical (unpaired) electrons. The lowest BCUT2D eigenvalue weighted by atomic mass is 10.0. The fourth-order valence-corrected chi connectivity index (χ4v) is 2.31. The molecule has 0 aromatic heterocycles. The topological polar surface area (TPSA) is 30.8 Å². The van der Waals surface area contributed by atoms with Crippen LogP contribution in [-0.2, 0) is 11.3 Å². The van der Waals surface area contributed by atoms with E-state index in [0.29, 0.717) is 36.8 Å². The van der Waals surface area contributed by atoms with Gasteiger partial charge in [-0.05, 0) is 48.7 Å². The molecule has 3 nitrogen and oxygen atoms in total. The zero-order chi connectivity index (χ0) is 16.5. The predicted molar refractivity (Wildman–Crippen MR) is 90.9 cm³/mol. The van der Waals surface area contributed by atoms with Crippen LogP contribution in [-0.4, -0.2) is 19.4 Å². The molecular weight excluding hydrogens is 317 g/mol. The third-order valence-corrected chi connectivity index (χ3v) is 3.37. The van der Waals surface area contributed by atoms with E-state index in [9.17, 15) is 4.39 Å². The molecule has 2 aromatic carbocycles. The molecule has 0 bridgehead atoms. The lowest BCUT2D eigenvalue weighted by Crippen LogP contribution is -1.99. The summed E-state index contributed by atoms with van der Waals surface area (Å²) in [5, 5.41) is 4.29. The molecule has 122 valence electrons. The van der Waals surface area contributed by atoms with E-state index in [1.807, 2.05) is 31.2 Å². The molecule has 0 heterocycles. The molecule has 0 N–H and O–H groups in total. The molecule has 0 fully saturated rings. The third kappa shape index (κ3) is 5.91. The van der Waals surface area contributed by atoms with Crippen LogP contribution in [0.15, 0.2) is 47.6 Å². The van der Waals surface area contributed by atoms with Gasteiger partial charge in [0.2, 0.25) is 0 Å². The first-order valence-electron chi connectivity index (χ1n) is 7.48. The van der Waals surface area contributed by atoms with Crippen LogP contribution in [0.2, 0.25) is 5.02 Å². The quantitative estimate of drug-likeness (QED) is 0.392. The number of halogens is 2. The van der Waals surface area contributed by atoms with E-state index in [-0.39, 0.29) is 5.82 Å². The van der Waals surface area contributed by atoms with Crippen molar-refractivity contribution in [1.82, 2.24) is 0 Å². The second-order valence-corrected chi connectivity index (χ2v) is 5.32. The van der Waals surface area contributed by atoms with Gasteiger partial charge in [-0.1, -0.05) is 35.0 Å². The van der Waals surface area contributed by atoms with Crippen molar-refractivity contribution < 1.29 is 14.0 Å². The molecule has 0 aliphatic carbocycles. The summed E-state index contributed by atoms with van der Waals surface area (Å²) in [5.41, 5.74) is 1.91. The van der Waals surface area contributed by atoms with Gasteiger partial charge in [-0.15, -0.1) is 0 Å². The standard InChI is InChI=1S/C18H19ClFNO2/c1-2-23-21-9-4-10-22-18-8-7-15(13-17(18)19)11-14-5-3-6-16(20)12-14/h3,5-9,12-13H,2,4,10-11H2,1H3. The number of hydrogen-bond acceptors (Lipinski definition) is 3. The molecule has 0 saturated heterocycles. The van der Waals surface area contributed by atoms with Crippen molar-refractivity contribution in [3.8, 4) is 5.75 Å². The average molecular weight is 336 g/mol. The summed E-state index contributed by atoms with van der Waals surface area (Å²) in [6, 6.07) is 12.2. The molecule has 5 heteroatoms. The Morgan fingerprint density at radius 2 is 2.00 bits per heavy atom. The molecule has 0 aliphatic rings. The van der Waals surface area contributed by atoms with Crippen LogP contribution in [0.1, 0.15) is 24.5 Å². The molecule has 2 aromatic rings. The van der Waals surface area contributed by atoms with Gasteiger partial charge in [0.05, 0.1) is 11.6 Å². The smallest absolute Gasteiger partial charge is 0.137 e. The van der Waals surface area contributed by atoms with Crippen LogP contribution in [0.5, 0.6) is 5.75 Å². The van der Waals surface area contributed by atoms with Crippen molar-refractivity contribution in [2.24, 2.45) is 5.16 Å². The largest absolute Gasteiger partial charge is 0.492 e. The van der Waals surface area contributed by atoms with Crippen LogP contribution in [0.4, 0.5) is 4.39 Å². The maximum atomic E-state index is 13.2. The van der Waals surface area contributed by atoms with E-state index in [2.05, 4.69) is 5.16 Å². The molecule has 23 heavy (non-hydrogen) atoms. The highest BCUT2D eigenvalue weighted by Crippen LogP contribution is 2.26. The number of rotatable bonds is 8. The maximum absolute atomic E-state index is 13.2. The molecule has 0 atom stereocenters. The normalized spacial score (nSPS) is 10.9. The van der Waals surface area contributed by atoms with E-state index < -0.39 is 0 Å². The van der Waals surface area contributed by atoms with Crippen molar-refractivity contribution in [3.63, 3.8) is 0 Å². The highest BCUT2D eigenvalue weighted by Gasteiger charge is 2.04. The first-order chi connectivity index (χ1) is 11.2. The van der Waals surface area contributed by atoms with Crippen molar-refractivity contribution >= 4 is 17.8 Å². The van der Waals surface area contributed by atoms with Gasteiger partial charge in [0, 0.05) is 12.6 Å². The average Bonchev–Trinajstić information content (AvgIpc) is 2.52. The minimum atomic E-state index is -0.234. The number of hydrogen-bond donors (Lipinski definition) is 0. The van der Waals surface area contributed by atoms with E-state index >= 15 is 0 Å². The van der Waals surface area contributed by atoms with Crippen molar-refractivity contribution in [2.45, 2.75) is 19.8 Å². The van der Waals surface area contributed by atoms with Gasteiger partial charge < -0.3 is 9.57 Å². The monoisotopic (exact) mass is 335 g/mol. The Labute approximate surface area is 140 Å². The zero-order valence-electron chi connectivity index (χ0n) is 13.0. The van der Waals surface area contributed by atoms with Crippen LogP contribution in [0.3, 0.4) is 0 Å². The minimum Gasteiger partial charge on any atom is -0.492 e. The number of nitrogens with zero attached hydrogens (tertiary/aromatic N) is 1. The zero-order valence-corrected chi connectivity index (χ0v) is 13.7. The maximum Gasteiger partial charge on any atom is 0.137 e. The molecule has 0 aliphatic heterocycles. The first kappa shape index (κ1) is 17.3. The number of ether oxygens (including phenoxy) is 1. The molecule has 2 rings (SSSR count). The summed E-state index contributed by atoms with van der Waals surface area (Å²) in [4.78, 5) is 4.85. The summed E-state index contributed by atoms with van der Waals surface area (Å²) >= 11 is 6.23. The van der Waals surface area contributed by atoms with Crippen LogP contribution in [0, 0.1) is 5.82 Å². The number of oxime groups is 1. The van der Waals surface area contributed by atoms with E-state index in [1.165, 1.54) is 12.1 Å². The first-order valence-corrected chi connectivity index (χ1v) is 7.86. The third-order valence-electron chi connectivity index (χ3n) is 3.08. The van der Waals surface area contributed by atoms with Crippen LogP contribution in [0.25, 0.3) is 0 Å². The number of benzene rings is 2. The predicted octanol–water partition coefficient (Wildman–Crippen LogP) is 4.86. The summed E-state index contributed by atoms with van der Waals surface area (Å²) in [7, 11) is 0. The second-order valence-electron chi connectivity index (χ2n) is 4.91. The summed E-state index contributed by atoms with van der Waals surface area (Å²) in [6.07, 6.45) is 2.93. The Morgan fingerprint density at radius 1 is 1.17 bits per heavy atom. The van der Waals surface area contributed by atoms with E-state index in [4.69, 9.17) is 21.2 Å². The Balaban J connectivity index is 1.90. The highest BCUT2D eigenvalue weighted by molar-refractivity contribution is 6.32. The Morgan fingerprint density at radius 3 is 2.74 bits per heavy atom. The van der Waals surface area contributed by atoms with Crippen molar-refractivity contribution in [3.05, 3.63) is 64.4 Å². The van der Waals surface area contributed by atoms with Gasteiger partial charge in [-0.3, -0.25) is 0 Å². The summed E-state index contributed by atoms with van der Waals surface area (Å²) in [6.45, 7) is 2.90. The van der Waals surface area contributed by atoms with E-state index in [0.717, 1.165) is 11.1 Å². The van der Waals surface area contributed by atoms with Gasteiger partial charge in [-0.25, -0.2) is 4.39 Å². The van der Waals surface area contributed by atoms with Crippen LogP contribution < -0.4 is 4.74 Å². The van der Waals surface area contributed by atoms with Crippen molar-refractivity contribution in [2.75, 3.05) is 13.2 Å². The van der Waals surface area contributed by atoms with E-state index in [1.54, 1.807) is 12.3 Å². The van der Waals surface area contributed by atoms with Crippen LogP contribution >= 0.6 is 11.6 Å². The highest BCUT2D eigenvalue weighted by atomic mass is 35.5. The lowest BCUT2D eigenvalue weighted by molar-refractivity contribution is 0.159. The fourth-order valence-electron chi connectivity index (χ4n) is 2.06. The molecule has 0 unspecified atom stereocenters. The van der Waals surface area contributed by atoms with Crippen molar-refractivity contribution in [1.29, 1.82) is 0 Å². The molecule has 0 spiro atoms. The Bertz CT molecular complexity index is 661. The summed E-state index contributed by atoms with van der Waals surface area (Å²) < 4.78 is 18.8. The second kappa shape index (κ2) is 9.16. The fraction of sp³-hybridized carbons (Fsp3) is 0.278. The van der Waals surface area contributed by atoms with Gasteiger partial charge in [-0.2, -0.15) is 0 Å². The Hall–Kier alpha value is -2.07. The van der Waals surface area contributed by atoms with Gasteiger partial charge in [0.15, 0.2) is 0 Å². The molecular formula is C18H19ClFNO2. The lowest BCUT2D eigenvalue weighted by Gasteiger charge is -2.09. The SMILES string of the molecule is CCON=CCCOc1ccc(Cc2cccc(F)c2)cc1Cl. The van der Waals surface area contributed by atoms with Gasteiger partial charge in [0.25, 0.3) is 0 Å². The Kier molecular flexibility index (Phi) is 6.88. The summed E-state index contributed by atoms with van der Waals surface area (Å²) in [5.74, 6) is 0.390. The van der Waals surface area contributed by atoms with Gasteiger partial charge >= 0.3 is 0 Å².